The summed E-state index contributed by atoms with van der Waals surface area (Å²) in [6.45, 7) is 2.77. The van der Waals surface area contributed by atoms with E-state index in [1.54, 1.807) is 23.5 Å². The first kappa shape index (κ1) is 12.4. The van der Waals surface area contributed by atoms with Crippen LogP contribution in [-0.2, 0) is 6.42 Å². The van der Waals surface area contributed by atoms with Crippen molar-refractivity contribution < 1.29 is 0 Å². The smallest absolute Gasteiger partial charge is 0.0992 e. The maximum Gasteiger partial charge on any atom is 0.0992 e. The molecular formula is C13H14N4S. The number of nitrogen functional groups attached to an aromatic ring is 1. The van der Waals surface area contributed by atoms with E-state index in [1.165, 1.54) is 0 Å². The van der Waals surface area contributed by atoms with Gasteiger partial charge in [-0.25, -0.2) is 4.98 Å². The van der Waals surface area contributed by atoms with E-state index in [0.717, 1.165) is 29.4 Å². The third-order valence-corrected chi connectivity index (χ3v) is 3.53. The predicted molar refractivity (Wildman–Crippen MR) is 74.6 cm³/mol. The van der Waals surface area contributed by atoms with Crippen molar-refractivity contribution in [3.8, 4) is 6.07 Å². The molecule has 0 bridgehead atoms. The molecule has 1 heterocycles. The van der Waals surface area contributed by atoms with Gasteiger partial charge in [0.25, 0.3) is 0 Å². The van der Waals surface area contributed by atoms with Crippen LogP contribution in [0.3, 0.4) is 0 Å². The molecule has 5 heteroatoms. The minimum absolute atomic E-state index is 0.577. The Kier molecular flexibility index (Phi) is 3.80. The SMILES string of the molecule is Cc1csc(CCNc2ccc(C#N)cc2N)n1. The summed E-state index contributed by atoms with van der Waals surface area (Å²) in [6.07, 6.45) is 0.873. The van der Waals surface area contributed by atoms with Crippen molar-refractivity contribution in [3.05, 3.63) is 39.8 Å². The van der Waals surface area contributed by atoms with Crippen LogP contribution in [0.5, 0.6) is 0 Å². The van der Waals surface area contributed by atoms with Crippen LogP contribution < -0.4 is 11.1 Å². The number of anilines is 2. The summed E-state index contributed by atoms with van der Waals surface area (Å²) in [7, 11) is 0. The lowest BCUT2D eigenvalue weighted by molar-refractivity contribution is 0.987. The van der Waals surface area contributed by atoms with E-state index < -0.39 is 0 Å². The molecule has 4 nitrogen and oxygen atoms in total. The molecule has 0 radical (unpaired) electrons. The summed E-state index contributed by atoms with van der Waals surface area (Å²) < 4.78 is 0. The van der Waals surface area contributed by atoms with E-state index in [-0.39, 0.29) is 0 Å². The highest BCUT2D eigenvalue weighted by molar-refractivity contribution is 7.09. The van der Waals surface area contributed by atoms with Gasteiger partial charge in [-0.05, 0) is 25.1 Å². The minimum atomic E-state index is 0.577. The molecule has 0 aliphatic heterocycles. The number of nitrogens with two attached hydrogens (primary N) is 1. The molecule has 0 fully saturated rings. The van der Waals surface area contributed by atoms with Crippen molar-refractivity contribution in [2.45, 2.75) is 13.3 Å². The second-order valence-corrected chi connectivity index (χ2v) is 4.92. The Hall–Kier alpha value is -2.06. The lowest BCUT2D eigenvalue weighted by atomic mass is 10.2. The number of aryl methyl sites for hydroxylation is 1. The first-order chi connectivity index (χ1) is 8.69. The summed E-state index contributed by atoms with van der Waals surface area (Å²) in [5.74, 6) is 0. The molecule has 0 saturated carbocycles. The maximum atomic E-state index is 8.75. The standard InChI is InChI=1S/C13H14N4S/c1-9-8-18-13(17-9)4-5-16-12-3-2-10(7-14)6-11(12)15/h2-3,6,8,16H,4-5,15H2,1H3. The number of nitriles is 1. The van der Waals surface area contributed by atoms with E-state index in [4.69, 9.17) is 11.0 Å². The fourth-order valence-electron chi connectivity index (χ4n) is 1.61. The number of thiazole rings is 1. The quantitative estimate of drug-likeness (QED) is 0.826. The monoisotopic (exact) mass is 258 g/mol. The van der Waals surface area contributed by atoms with Gasteiger partial charge in [-0.15, -0.1) is 11.3 Å². The average Bonchev–Trinajstić information content (AvgIpc) is 2.77. The van der Waals surface area contributed by atoms with Gasteiger partial charge < -0.3 is 11.1 Å². The van der Waals surface area contributed by atoms with Crippen LogP contribution in [0.1, 0.15) is 16.3 Å². The van der Waals surface area contributed by atoms with Crippen molar-refractivity contribution >= 4 is 22.7 Å². The zero-order chi connectivity index (χ0) is 13.0. The van der Waals surface area contributed by atoms with Gasteiger partial charge in [0, 0.05) is 24.0 Å². The Morgan fingerprint density at radius 1 is 1.50 bits per heavy atom. The van der Waals surface area contributed by atoms with Gasteiger partial charge in [0.15, 0.2) is 0 Å². The van der Waals surface area contributed by atoms with Gasteiger partial charge in [0.2, 0.25) is 0 Å². The normalized spacial score (nSPS) is 10.0. The summed E-state index contributed by atoms with van der Waals surface area (Å²) in [5.41, 5.74) is 8.96. The Balaban J connectivity index is 1.92. The van der Waals surface area contributed by atoms with E-state index in [1.807, 2.05) is 18.4 Å². The number of aromatic nitrogens is 1. The molecule has 2 aromatic rings. The molecule has 2 rings (SSSR count). The number of nitrogens with one attached hydrogen (secondary N) is 1. The topological polar surface area (TPSA) is 74.7 Å². The molecule has 0 amide bonds. The van der Waals surface area contributed by atoms with Gasteiger partial charge in [-0.3, -0.25) is 0 Å². The molecule has 1 aromatic carbocycles. The fraction of sp³-hybridized carbons (Fsp3) is 0.231. The predicted octanol–water partition coefficient (Wildman–Crippen LogP) is 2.56. The number of benzene rings is 1. The van der Waals surface area contributed by atoms with E-state index >= 15 is 0 Å². The zero-order valence-electron chi connectivity index (χ0n) is 10.1. The third-order valence-electron chi connectivity index (χ3n) is 2.50. The fourth-order valence-corrected chi connectivity index (χ4v) is 2.39. The minimum Gasteiger partial charge on any atom is -0.397 e. The number of hydrogen-bond donors (Lipinski definition) is 2. The Morgan fingerprint density at radius 2 is 2.33 bits per heavy atom. The summed E-state index contributed by atoms with van der Waals surface area (Å²) in [4.78, 5) is 4.40. The lowest BCUT2D eigenvalue weighted by Gasteiger charge is -2.08. The van der Waals surface area contributed by atoms with Crippen LogP contribution in [0.4, 0.5) is 11.4 Å². The molecular weight excluding hydrogens is 244 g/mol. The molecule has 18 heavy (non-hydrogen) atoms. The van der Waals surface area contributed by atoms with Crippen molar-refractivity contribution in [3.63, 3.8) is 0 Å². The van der Waals surface area contributed by atoms with Crippen molar-refractivity contribution in [1.29, 1.82) is 5.26 Å². The lowest BCUT2D eigenvalue weighted by Crippen LogP contribution is -2.06. The Morgan fingerprint density at radius 3 is 2.94 bits per heavy atom. The average molecular weight is 258 g/mol. The van der Waals surface area contributed by atoms with Crippen LogP contribution in [0.25, 0.3) is 0 Å². The van der Waals surface area contributed by atoms with E-state index in [0.29, 0.717) is 11.3 Å². The van der Waals surface area contributed by atoms with Crippen LogP contribution in [-0.4, -0.2) is 11.5 Å². The molecule has 1 aromatic heterocycles. The van der Waals surface area contributed by atoms with Crippen molar-refractivity contribution in [2.24, 2.45) is 0 Å². The highest BCUT2D eigenvalue weighted by Gasteiger charge is 2.02. The third kappa shape index (κ3) is 2.99. The van der Waals surface area contributed by atoms with Gasteiger partial charge in [-0.2, -0.15) is 5.26 Å². The maximum absolute atomic E-state index is 8.75. The number of hydrogen-bond acceptors (Lipinski definition) is 5. The number of rotatable bonds is 4. The molecule has 3 N–H and O–H groups in total. The first-order valence-electron chi connectivity index (χ1n) is 5.63. The van der Waals surface area contributed by atoms with Crippen LogP contribution in [0.15, 0.2) is 23.6 Å². The molecule has 0 spiro atoms. The summed E-state index contributed by atoms with van der Waals surface area (Å²) in [5, 5.41) is 15.2. The van der Waals surface area contributed by atoms with E-state index in [2.05, 4.69) is 16.4 Å². The van der Waals surface area contributed by atoms with Crippen LogP contribution in [0.2, 0.25) is 0 Å². The molecule has 92 valence electrons. The van der Waals surface area contributed by atoms with Gasteiger partial charge in [-0.1, -0.05) is 0 Å². The molecule has 0 aliphatic rings. The number of nitrogens with zero attached hydrogens (tertiary/aromatic N) is 2. The largest absolute Gasteiger partial charge is 0.397 e. The highest BCUT2D eigenvalue weighted by atomic mass is 32.1. The molecule has 0 saturated heterocycles. The molecule has 0 unspecified atom stereocenters. The summed E-state index contributed by atoms with van der Waals surface area (Å²) in [6, 6.07) is 7.33. The second-order valence-electron chi connectivity index (χ2n) is 3.97. The first-order valence-corrected chi connectivity index (χ1v) is 6.51. The Labute approximate surface area is 110 Å². The highest BCUT2D eigenvalue weighted by Crippen LogP contribution is 2.19. The zero-order valence-corrected chi connectivity index (χ0v) is 10.9. The van der Waals surface area contributed by atoms with Crippen molar-refractivity contribution in [1.82, 2.24) is 4.98 Å². The van der Waals surface area contributed by atoms with Gasteiger partial charge in [0.1, 0.15) is 0 Å². The van der Waals surface area contributed by atoms with Crippen LogP contribution >= 0.6 is 11.3 Å². The van der Waals surface area contributed by atoms with E-state index in [9.17, 15) is 0 Å². The van der Waals surface area contributed by atoms with Crippen molar-refractivity contribution in [2.75, 3.05) is 17.6 Å². The van der Waals surface area contributed by atoms with Crippen LogP contribution in [0, 0.1) is 18.3 Å². The Bertz CT molecular complexity index is 583. The van der Waals surface area contributed by atoms with Gasteiger partial charge >= 0.3 is 0 Å². The van der Waals surface area contributed by atoms with Gasteiger partial charge in [0.05, 0.1) is 28.0 Å². The molecule has 0 atom stereocenters. The molecule has 0 aliphatic carbocycles. The second kappa shape index (κ2) is 5.52. The summed E-state index contributed by atoms with van der Waals surface area (Å²) >= 11 is 1.67.